The lowest BCUT2D eigenvalue weighted by molar-refractivity contribution is -0.154. The Hall–Kier alpha value is -0.860. The molecule has 0 aromatic heterocycles. The highest BCUT2D eigenvalue weighted by atomic mass is 16.6. The summed E-state index contributed by atoms with van der Waals surface area (Å²) in [6.07, 6.45) is 0. The number of hydrogen-bond donors (Lipinski definition) is 0. The Bertz CT molecular complexity index is 261. The number of ether oxygens (including phenoxy) is 1. The second-order valence-corrected chi connectivity index (χ2v) is 5.35. The van der Waals surface area contributed by atoms with Gasteiger partial charge in [0.25, 0.3) is 0 Å². The van der Waals surface area contributed by atoms with E-state index in [2.05, 4.69) is 0 Å². The van der Waals surface area contributed by atoms with E-state index in [4.69, 9.17) is 4.74 Å². The molecule has 94 valence electrons. The first-order valence-electron chi connectivity index (χ1n) is 6.00. The zero-order valence-electron chi connectivity index (χ0n) is 11.5. The highest BCUT2D eigenvalue weighted by molar-refractivity contribution is 5.97. The number of carbonyl (C=O) groups excluding carboxylic acids is 2. The van der Waals surface area contributed by atoms with Crippen LogP contribution in [0.2, 0.25) is 0 Å². The Labute approximate surface area is 98.6 Å². The molecule has 3 heteroatoms. The largest absolute Gasteiger partial charge is 0.393 e. The minimum atomic E-state index is -0.360. The van der Waals surface area contributed by atoms with Crippen molar-refractivity contribution in [3.8, 4) is 0 Å². The minimum Gasteiger partial charge on any atom is -0.393 e. The van der Waals surface area contributed by atoms with Crippen LogP contribution in [0.25, 0.3) is 0 Å². The van der Waals surface area contributed by atoms with E-state index in [-0.39, 0.29) is 35.1 Å². The number of esters is 2. The molecule has 0 saturated carbocycles. The van der Waals surface area contributed by atoms with E-state index in [0.717, 1.165) is 0 Å². The summed E-state index contributed by atoms with van der Waals surface area (Å²) >= 11 is 0. The van der Waals surface area contributed by atoms with Gasteiger partial charge in [-0.05, 0) is 11.3 Å². The fourth-order valence-electron chi connectivity index (χ4n) is 2.06. The van der Waals surface area contributed by atoms with E-state index >= 15 is 0 Å². The lowest BCUT2D eigenvalue weighted by atomic mass is 9.71. The van der Waals surface area contributed by atoms with Crippen LogP contribution in [0.4, 0.5) is 0 Å². The molecule has 0 bridgehead atoms. The monoisotopic (exact) mass is 228 g/mol. The Kier molecular flexibility index (Phi) is 5.17. The number of cyclic esters (lactones) is 2. The molecule has 1 aliphatic rings. The maximum absolute atomic E-state index is 11.5. The molecule has 3 nitrogen and oxygen atoms in total. The van der Waals surface area contributed by atoms with Crippen LogP contribution in [0.5, 0.6) is 0 Å². The number of rotatable bonds is 1. The van der Waals surface area contributed by atoms with Crippen molar-refractivity contribution in [1.29, 1.82) is 0 Å². The van der Waals surface area contributed by atoms with E-state index in [9.17, 15) is 9.59 Å². The van der Waals surface area contributed by atoms with Crippen molar-refractivity contribution in [1.82, 2.24) is 0 Å². The van der Waals surface area contributed by atoms with Crippen LogP contribution in [0.15, 0.2) is 0 Å². The Balaban J connectivity index is 0.00000106. The second-order valence-electron chi connectivity index (χ2n) is 5.35. The van der Waals surface area contributed by atoms with E-state index in [1.807, 2.05) is 48.5 Å². The summed E-state index contributed by atoms with van der Waals surface area (Å²) in [6.45, 7) is 13.8. The van der Waals surface area contributed by atoms with Gasteiger partial charge in [0, 0.05) is 0 Å². The van der Waals surface area contributed by atoms with E-state index in [1.165, 1.54) is 0 Å². The summed E-state index contributed by atoms with van der Waals surface area (Å²) in [5.41, 5.74) is -0.210. The first-order valence-corrected chi connectivity index (χ1v) is 6.00. The van der Waals surface area contributed by atoms with Crippen molar-refractivity contribution < 1.29 is 14.3 Å². The van der Waals surface area contributed by atoms with Crippen molar-refractivity contribution in [2.45, 2.75) is 48.5 Å². The van der Waals surface area contributed by atoms with Gasteiger partial charge in [-0.1, -0.05) is 48.5 Å². The van der Waals surface area contributed by atoms with Gasteiger partial charge in [-0.3, -0.25) is 9.59 Å². The molecular formula is C13H24O3. The van der Waals surface area contributed by atoms with E-state index < -0.39 is 0 Å². The molecule has 1 heterocycles. The lowest BCUT2D eigenvalue weighted by Crippen LogP contribution is -2.33. The average molecular weight is 228 g/mol. The van der Waals surface area contributed by atoms with Gasteiger partial charge in [0.15, 0.2) is 0 Å². The summed E-state index contributed by atoms with van der Waals surface area (Å²) in [6, 6.07) is 0. The Morgan fingerprint density at radius 1 is 1.06 bits per heavy atom. The zero-order chi connectivity index (χ0) is 13.1. The number of carbonyl (C=O) groups is 2. The van der Waals surface area contributed by atoms with E-state index in [1.54, 1.807) is 0 Å². The molecule has 2 atom stereocenters. The SMILES string of the molecule is CC.CC(C)C1C(=O)OC(=O)C1C(C)(C)C. The average Bonchev–Trinajstić information content (AvgIpc) is 2.43. The van der Waals surface area contributed by atoms with Crippen LogP contribution in [0, 0.1) is 23.2 Å². The zero-order valence-corrected chi connectivity index (χ0v) is 11.5. The van der Waals surface area contributed by atoms with Crippen LogP contribution in [0.3, 0.4) is 0 Å². The molecule has 1 fully saturated rings. The van der Waals surface area contributed by atoms with Gasteiger partial charge >= 0.3 is 11.9 Å². The van der Waals surface area contributed by atoms with Crippen LogP contribution >= 0.6 is 0 Å². The van der Waals surface area contributed by atoms with Crippen LogP contribution in [-0.2, 0) is 14.3 Å². The standard InChI is InChI=1S/C11H18O3.C2H6/c1-6(2)7-8(11(3,4)5)10(13)14-9(7)12;1-2/h6-8H,1-5H3;1-2H3. The Morgan fingerprint density at radius 3 is 1.75 bits per heavy atom. The highest BCUT2D eigenvalue weighted by Crippen LogP contribution is 2.41. The second kappa shape index (κ2) is 5.46. The van der Waals surface area contributed by atoms with Gasteiger partial charge < -0.3 is 4.74 Å². The molecule has 1 aliphatic heterocycles. The molecule has 0 aliphatic carbocycles. The fraction of sp³-hybridized carbons (Fsp3) is 0.846. The quantitative estimate of drug-likeness (QED) is 0.512. The molecule has 2 unspecified atom stereocenters. The molecular weight excluding hydrogens is 204 g/mol. The molecule has 1 saturated heterocycles. The van der Waals surface area contributed by atoms with Gasteiger partial charge in [-0.25, -0.2) is 0 Å². The Morgan fingerprint density at radius 2 is 1.50 bits per heavy atom. The van der Waals surface area contributed by atoms with Gasteiger partial charge in [-0.15, -0.1) is 0 Å². The maximum Gasteiger partial charge on any atom is 0.318 e. The van der Waals surface area contributed by atoms with Crippen molar-refractivity contribution >= 4 is 11.9 Å². The molecule has 0 radical (unpaired) electrons. The van der Waals surface area contributed by atoms with Gasteiger partial charge in [0.1, 0.15) is 0 Å². The van der Waals surface area contributed by atoms with Crippen molar-refractivity contribution in [2.75, 3.05) is 0 Å². The first-order chi connectivity index (χ1) is 7.25. The summed E-state index contributed by atoms with van der Waals surface area (Å²) in [5.74, 6) is -1.14. The predicted molar refractivity (Wildman–Crippen MR) is 63.7 cm³/mol. The molecule has 0 N–H and O–H groups in total. The van der Waals surface area contributed by atoms with Gasteiger partial charge in [0.05, 0.1) is 11.8 Å². The van der Waals surface area contributed by atoms with Crippen molar-refractivity contribution in [3.63, 3.8) is 0 Å². The summed E-state index contributed by atoms with van der Waals surface area (Å²) in [7, 11) is 0. The molecule has 0 aromatic rings. The third-order valence-electron chi connectivity index (χ3n) is 2.74. The van der Waals surface area contributed by atoms with Crippen LogP contribution < -0.4 is 0 Å². The first kappa shape index (κ1) is 15.1. The third-order valence-corrected chi connectivity index (χ3v) is 2.74. The third kappa shape index (κ3) is 3.06. The van der Waals surface area contributed by atoms with Gasteiger partial charge in [0.2, 0.25) is 0 Å². The van der Waals surface area contributed by atoms with Gasteiger partial charge in [-0.2, -0.15) is 0 Å². The normalized spacial score (nSPS) is 25.2. The molecule has 0 spiro atoms. The minimum absolute atomic E-state index is 0.151. The molecule has 0 amide bonds. The highest BCUT2D eigenvalue weighted by Gasteiger charge is 2.51. The summed E-state index contributed by atoms with van der Waals surface area (Å²) in [5, 5.41) is 0. The van der Waals surface area contributed by atoms with Crippen molar-refractivity contribution in [3.05, 3.63) is 0 Å². The predicted octanol–water partition coefficient (Wildman–Crippen LogP) is 3.03. The lowest BCUT2D eigenvalue weighted by Gasteiger charge is -2.28. The van der Waals surface area contributed by atoms with E-state index in [0.29, 0.717) is 0 Å². The summed E-state index contributed by atoms with van der Waals surface area (Å²) in [4.78, 5) is 22.9. The maximum atomic E-state index is 11.5. The topological polar surface area (TPSA) is 43.4 Å². The molecule has 1 rings (SSSR count). The van der Waals surface area contributed by atoms with Crippen LogP contribution in [-0.4, -0.2) is 11.9 Å². The molecule has 0 aromatic carbocycles. The smallest absolute Gasteiger partial charge is 0.318 e. The van der Waals surface area contributed by atoms with Crippen molar-refractivity contribution in [2.24, 2.45) is 23.2 Å². The number of hydrogen-bond acceptors (Lipinski definition) is 3. The van der Waals surface area contributed by atoms with Crippen LogP contribution in [0.1, 0.15) is 48.5 Å². The fourth-order valence-corrected chi connectivity index (χ4v) is 2.06. The summed E-state index contributed by atoms with van der Waals surface area (Å²) < 4.78 is 4.70. The molecule has 16 heavy (non-hydrogen) atoms.